The first-order valence-electron chi connectivity index (χ1n) is 3.86. The second kappa shape index (κ2) is 4.46. The van der Waals surface area contributed by atoms with Crippen molar-refractivity contribution in [1.82, 2.24) is 4.98 Å². The Hall–Kier alpha value is -2.03. The summed E-state index contributed by atoms with van der Waals surface area (Å²) < 4.78 is 29.6. The van der Waals surface area contributed by atoms with Gasteiger partial charge >= 0.3 is 0 Å². The van der Waals surface area contributed by atoms with Crippen LogP contribution < -0.4 is 4.74 Å². The van der Waals surface area contributed by atoms with Crippen LogP contribution in [-0.4, -0.2) is 18.4 Å². The molecule has 1 rings (SSSR count). The number of carbonyl (C=O) groups excluding carboxylic acids is 1. The van der Waals surface area contributed by atoms with Crippen molar-refractivity contribution in [2.45, 2.75) is 6.43 Å². The monoisotopic (exact) mass is 212 g/mol. The van der Waals surface area contributed by atoms with E-state index < -0.39 is 17.7 Å². The number of nitrogens with zero attached hydrogens (tertiary/aromatic N) is 2. The van der Waals surface area contributed by atoms with Gasteiger partial charge in [-0.15, -0.1) is 0 Å². The SMILES string of the molecule is COc1cc(C#N)c(C=O)c(C(F)F)n1. The molecule has 0 spiro atoms. The Morgan fingerprint density at radius 3 is 2.73 bits per heavy atom. The molecule has 0 aliphatic rings. The molecule has 0 radical (unpaired) electrons. The fraction of sp³-hybridized carbons (Fsp3) is 0.222. The zero-order valence-corrected chi connectivity index (χ0v) is 7.70. The van der Waals surface area contributed by atoms with Gasteiger partial charge in [0.05, 0.1) is 18.2 Å². The van der Waals surface area contributed by atoms with Crippen LogP contribution in [0.5, 0.6) is 5.88 Å². The van der Waals surface area contributed by atoms with E-state index in [2.05, 4.69) is 9.72 Å². The summed E-state index contributed by atoms with van der Waals surface area (Å²) in [5, 5.41) is 8.64. The number of halogens is 2. The van der Waals surface area contributed by atoms with E-state index in [0.29, 0.717) is 0 Å². The maximum Gasteiger partial charge on any atom is 0.281 e. The van der Waals surface area contributed by atoms with E-state index in [-0.39, 0.29) is 17.7 Å². The van der Waals surface area contributed by atoms with Gasteiger partial charge in [-0.1, -0.05) is 0 Å². The Balaban J connectivity index is 3.47. The largest absolute Gasteiger partial charge is 0.481 e. The molecule has 1 aromatic heterocycles. The van der Waals surface area contributed by atoms with Crippen molar-refractivity contribution in [2.75, 3.05) is 7.11 Å². The third kappa shape index (κ3) is 2.07. The minimum absolute atomic E-state index is 0.118. The zero-order chi connectivity index (χ0) is 11.4. The van der Waals surface area contributed by atoms with Crippen LogP contribution in [0.25, 0.3) is 0 Å². The van der Waals surface area contributed by atoms with Gasteiger partial charge in [0.15, 0.2) is 6.29 Å². The quantitative estimate of drug-likeness (QED) is 0.715. The van der Waals surface area contributed by atoms with Gasteiger partial charge in [0.25, 0.3) is 6.43 Å². The molecule has 0 N–H and O–H groups in total. The second-order valence-corrected chi connectivity index (χ2v) is 2.54. The predicted molar refractivity (Wildman–Crippen MR) is 45.8 cm³/mol. The van der Waals surface area contributed by atoms with Gasteiger partial charge in [-0.25, -0.2) is 13.8 Å². The number of pyridine rings is 1. The lowest BCUT2D eigenvalue weighted by Crippen LogP contribution is -2.03. The van der Waals surface area contributed by atoms with E-state index in [4.69, 9.17) is 5.26 Å². The summed E-state index contributed by atoms with van der Waals surface area (Å²) in [7, 11) is 1.24. The summed E-state index contributed by atoms with van der Waals surface area (Å²) in [5.41, 5.74) is -1.30. The van der Waals surface area contributed by atoms with Crippen molar-refractivity contribution in [1.29, 1.82) is 5.26 Å². The van der Waals surface area contributed by atoms with Gasteiger partial charge in [-0.3, -0.25) is 4.79 Å². The normalized spacial score (nSPS) is 9.80. The molecule has 0 aliphatic carbocycles. The van der Waals surface area contributed by atoms with Crippen LogP contribution in [0.4, 0.5) is 8.78 Å². The van der Waals surface area contributed by atoms with Crippen LogP contribution in [0.2, 0.25) is 0 Å². The highest BCUT2D eigenvalue weighted by atomic mass is 19.3. The molecule has 0 saturated heterocycles. The fourth-order valence-corrected chi connectivity index (χ4v) is 1.04. The smallest absolute Gasteiger partial charge is 0.281 e. The third-order valence-corrected chi connectivity index (χ3v) is 1.72. The summed E-state index contributed by atoms with van der Waals surface area (Å²) in [4.78, 5) is 14.0. The maximum absolute atomic E-state index is 12.5. The van der Waals surface area contributed by atoms with E-state index in [1.165, 1.54) is 7.11 Å². The zero-order valence-electron chi connectivity index (χ0n) is 7.70. The molecule has 78 valence electrons. The third-order valence-electron chi connectivity index (χ3n) is 1.72. The number of rotatable bonds is 3. The Bertz CT molecular complexity index is 427. The molecule has 15 heavy (non-hydrogen) atoms. The summed E-state index contributed by atoms with van der Waals surface area (Å²) in [6, 6.07) is 2.77. The Morgan fingerprint density at radius 2 is 2.33 bits per heavy atom. The maximum atomic E-state index is 12.5. The molecular weight excluding hydrogens is 206 g/mol. The van der Waals surface area contributed by atoms with Crippen LogP contribution in [0.15, 0.2) is 6.07 Å². The number of alkyl halides is 2. The van der Waals surface area contributed by atoms with Crippen molar-refractivity contribution in [2.24, 2.45) is 0 Å². The molecule has 0 atom stereocenters. The lowest BCUT2D eigenvalue weighted by molar-refractivity contribution is 0.110. The molecule has 4 nitrogen and oxygen atoms in total. The summed E-state index contributed by atoms with van der Waals surface area (Å²) in [6.07, 6.45) is -2.74. The summed E-state index contributed by atoms with van der Waals surface area (Å²) >= 11 is 0. The molecular formula is C9H6F2N2O2. The van der Waals surface area contributed by atoms with E-state index >= 15 is 0 Å². The lowest BCUT2D eigenvalue weighted by atomic mass is 10.1. The first-order valence-corrected chi connectivity index (χ1v) is 3.86. The Kier molecular flexibility index (Phi) is 3.29. The number of aldehydes is 1. The van der Waals surface area contributed by atoms with Crippen molar-refractivity contribution in [3.63, 3.8) is 0 Å². The van der Waals surface area contributed by atoms with Crippen LogP contribution in [0, 0.1) is 11.3 Å². The standard InChI is InChI=1S/C9H6F2N2O2/c1-15-7-2-5(3-12)6(4-14)8(13-7)9(10)11/h2,4,9H,1H3. The highest BCUT2D eigenvalue weighted by Crippen LogP contribution is 2.25. The molecule has 0 saturated carbocycles. The fourth-order valence-electron chi connectivity index (χ4n) is 1.04. The molecule has 0 bridgehead atoms. The molecule has 0 unspecified atom stereocenters. The minimum atomic E-state index is -2.92. The number of hydrogen-bond donors (Lipinski definition) is 0. The van der Waals surface area contributed by atoms with Gasteiger partial charge in [-0.2, -0.15) is 5.26 Å². The molecule has 0 aliphatic heterocycles. The van der Waals surface area contributed by atoms with E-state index in [9.17, 15) is 13.6 Å². The molecule has 0 aromatic carbocycles. The minimum Gasteiger partial charge on any atom is -0.481 e. The van der Waals surface area contributed by atoms with Crippen LogP contribution in [0.3, 0.4) is 0 Å². The van der Waals surface area contributed by atoms with Gasteiger partial charge < -0.3 is 4.74 Å². The number of hydrogen-bond acceptors (Lipinski definition) is 4. The van der Waals surface area contributed by atoms with Crippen LogP contribution in [-0.2, 0) is 0 Å². The molecule has 1 heterocycles. The van der Waals surface area contributed by atoms with Gasteiger partial charge in [-0.05, 0) is 0 Å². The number of aromatic nitrogens is 1. The van der Waals surface area contributed by atoms with Crippen molar-refractivity contribution < 1.29 is 18.3 Å². The lowest BCUT2D eigenvalue weighted by Gasteiger charge is -2.06. The molecule has 6 heteroatoms. The number of nitriles is 1. The van der Waals surface area contributed by atoms with Gasteiger partial charge in [0.1, 0.15) is 11.8 Å². The summed E-state index contributed by atoms with van der Waals surface area (Å²) in [6.45, 7) is 0. The first kappa shape index (κ1) is 11.0. The number of methoxy groups -OCH3 is 1. The average molecular weight is 212 g/mol. The van der Waals surface area contributed by atoms with E-state index in [0.717, 1.165) is 6.07 Å². The topological polar surface area (TPSA) is 63.0 Å². The van der Waals surface area contributed by atoms with Gasteiger partial charge in [0.2, 0.25) is 5.88 Å². The number of carbonyl (C=O) groups is 1. The highest BCUT2D eigenvalue weighted by Gasteiger charge is 2.19. The van der Waals surface area contributed by atoms with E-state index in [1.807, 2.05) is 0 Å². The molecule has 1 aromatic rings. The van der Waals surface area contributed by atoms with Crippen molar-refractivity contribution in [3.8, 4) is 11.9 Å². The second-order valence-electron chi connectivity index (χ2n) is 2.54. The van der Waals surface area contributed by atoms with Crippen LogP contribution in [0.1, 0.15) is 28.0 Å². The Labute approximate surface area is 84.1 Å². The predicted octanol–water partition coefficient (Wildman–Crippen LogP) is 1.71. The molecule has 0 amide bonds. The number of ether oxygens (including phenoxy) is 1. The van der Waals surface area contributed by atoms with Gasteiger partial charge in [0, 0.05) is 6.07 Å². The van der Waals surface area contributed by atoms with Crippen molar-refractivity contribution in [3.05, 3.63) is 22.9 Å². The Morgan fingerprint density at radius 1 is 1.67 bits per heavy atom. The first-order chi connectivity index (χ1) is 7.13. The van der Waals surface area contributed by atoms with Crippen molar-refractivity contribution >= 4 is 6.29 Å². The summed E-state index contributed by atoms with van der Waals surface area (Å²) in [5.74, 6) is -0.118. The van der Waals surface area contributed by atoms with E-state index in [1.54, 1.807) is 6.07 Å². The average Bonchev–Trinajstić information content (AvgIpc) is 2.26. The van der Waals surface area contributed by atoms with Crippen LogP contribution >= 0.6 is 0 Å². The molecule has 0 fully saturated rings. The highest BCUT2D eigenvalue weighted by molar-refractivity contribution is 5.81.